The Labute approximate surface area is 119 Å². The predicted octanol–water partition coefficient (Wildman–Crippen LogP) is 4.40. The van der Waals surface area contributed by atoms with Crippen LogP contribution in [-0.2, 0) is 10.2 Å². The van der Waals surface area contributed by atoms with E-state index in [1.165, 1.54) is 0 Å². The van der Waals surface area contributed by atoms with Crippen molar-refractivity contribution in [3.8, 4) is 0 Å². The number of hydrogen-bond donors (Lipinski definition) is 0. The lowest BCUT2D eigenvalue weighted by Gasteiger charge is -2.31. The number of alkyl halides is 2. The summed E-state index contributed by atoms with van der Waals surface area (Å²) in [7, 11) is 0. The Morgan fingerprint density at radius 1 is 1.25 bits per heavy atom. The number of rotatable bonds is 6. The molecule has 4 heteroatoms. The molecule has 0 spiro atoms. The van der Waals surface area contributed by atoms with Crippen molar-refractivity contribution < 1.29 is 4.74 Å². The fourth-order valence-corrected chi connectivity index (χ4v) is 3.72. The molecule has 16 heavy (non-hydrogen) atoms. The molecule has 0 unspecified atom stereocenters. The maximum atomic E-state index is 6.25. The summed E-state index contributed by atoms with van der Waals surface area (Å²) in [5.74, 6) is 0. The summed E-state index contributed by atoms with van der Waals surface area (Å²) in [5, 5.41) is 2.42. The molecule has 0 aliphatic heterocycles. The van der Waals surface area contributed by atoms with E-state index in [-0.39, 0.29) is 5.41 Å². The van der Waals surface area contributed by atoms with Crippen LogP contribution in [-0.4, -0.2) is 23.9 Å². The van der Waals surface area contributed by atoms with Crippen LogP contribution in [0.25, 0.3) is 0 Å². The van der Waals surface area contributed by atoms with Gasteiger partial charge < -0.3 is 4.74 Å². The van der Waals surface area contributed by atoms with Crippen LogP contribution in [0.3, 0.4) is 0 Å². The van der Waals surface area contributed by atoms with Gasteiger partial charge in [0.2, 0.25) is 0 Å². The topological polar surface area (TPSA) is 9.23 Å². The van der Waals surface area contributed by atoms with E-state index >= 15 is 0 Å². The lowest BCUT2D eigenvalue weighted by molar-refractivity contribution is 0.110. The minimum Gasteiger partial charge on any atom is -0.381 e. The molecule has 0 atom stereocenters. The largest absolute Gasteiger partial charge is 0.381 e. The van der Waals surface area contributed by atoms with Crippen molar-refractivity contribution in [2.24, 2.45) is 0 Å². The third-order valence-corrected chi connectivity index (χ3v) is 5.02. The maximum Gasteiger partial charge on any atom is 0.0579 e. The van der Waals surface area contributed by atoms with Gasteiger partial charge in [-0.1, -0.05) is 61.7 Å². The number of benzene rings is 1. The van der Waals surface area contributed by atoms with Gasteiger partial charge in [0.15, 0.2) is 0 Å². The minimum absolute atomic E-state index is 0.103. The van der Waals surface area contributed by atoms with Crippen LogP contribution in [0.2, 0.25) is 5.02 Å². The molecule has 1 aromatic rings. The highest BCUT2D eigenvalue weighted by atomic mass is 79.9. The molecule has 0 aromatic heterocycles. The van der Waals surface area contributed by atoms with E-state index in [0.717, 1.165) is 21.2 Å². The molecule has 0 fully saturated rings. The second-order valence-electron chi connectivity index (χ2n) is 3.66. The fraction of sp³-hybridized carbons (Fsp3) is 0.500. The van der Waals surface area contributed by atoms with Crippen molar-refractivity contribution >= 4 is 43.5 Å². The Bertz CT molecular complexity index is 327. The van der Waals surface area contributed by atoms with Gasteiger partial charge in [0.25, 0.3) is 0 Å². The second kappa shape index (κ2) is 7.00. The van der Waals surface area contributed by atoms with Gasteiger partial charge >= 0.3 is 0 Å². The van der Waals surface area contributed by atoms with Gasteiger partial charge in [-0.15, -0.1) is 0 Å². The summed E-state index contributed by atoms with van der Waals surface area (Å²) in [6.45, 7) is 3.37. The van der Waals surface area contributed by atoms with Crippen molar-refractivity contribution in [1.29, 1.82) is 0 Å². The Hall–Kier alpha value is 0.430. The summed E-state index contributed by atoms with van der Waals surface area (Å²) in [4.78, 5) is 0. The van der Waals surface area contributed by atoms with E-state index in [9.17, 15) is 0 Å². The standard InChI is InChI=1S/C12H15Br2ClO/c1-2-16-9-12(7-13,8-14)10-5-3-4-6-11(10)15/h3-6H,2,7-9H2,1H3. The van der Waals surface area contributed by atoms with Crippen molar-refractivity contribution in [2.45, 2.75) is 12.3 Å². The van der Waals surface area contributed by atoms with E-state index in [1.807, 2.05) is 25.1 Å². The van der Waals surface area contributed by atoms with Crippen molar-refractivity contribution in [2.75, 3.05) is 23.9 Å². The molecule has 1 rings (SSSR count). The van der Waals surface area contributed by atoms with Crippen LogP contribution in [0.4, 0.5) is 0 Å². The molecule has 0 saturated heterocycles. The molecule has 0 heterocycles. The summed E-state index contributed by atoms with van der Waals surface area (Å²) in [6.07, 6.45) is 0. The highest BCUT2D eigenvalue weighted by Gasteiger charge is 2.32. The minimum atomic E-state index is -0.103. The Kier molecular flexibility index (Phi) is 6.34. The lowest BCUT2D eigenvalue weighted by atomic mass is 9.85. The first-order valence-electron chi connectivity index (χ1n) is 5.15. The van der Waals surface area contributed by atoms with Crippen molar-refractivity contribution in [1.82, 2.24) is 0 Å². The van der Waals surface area contributed by atoms with Gasteiger partial charge in [0, 0.05) is 27.7 Å². The first kappa shape index (κ1) is 14.5. The van der Waals surface area contributed by atoms with Crippen LogP contribution in [0.15, 0.2) is 24.3 Å². The molecule has 0 radical (unpaired) electrons. The van der Waals surface area contributed by atoms with E-state index in [0.29, 0.717) is 13.2 Å². The molecule has 0 aliphatic rings. The third kappa shape index (κ3) is 3.22. The van der Waals surface area contributed by atoms with E-state index in [1.54, 1.807) is 0 Å². The highest BCUT2D eigenvalue weighted by molar-refractivity contribution is 9.09. The van der Waals surface area contributed by atoms with Gasteiger partial charge in [-0.2, -0.15) is 0 Å². The second-order valence-corrected chi connectivity index (χ2v) is 5.19. The molecular formula is C12H15Br2ClO. The highest BCUT2D eigenvalue weighted by Crippen LogP contribution is 2.34. The molecule has 0 aliphatic carbocycles. The van der Waals surface area contributed by atoms with Gasteiger partial charge in [0.05, 0.1) is 6.61 Å². The quantitative estimate of drug-likeness (QED) is 0.674. The van der Waals surface area contributed by atoms with Crippen LogP contribution in [0.1, 0.15) is 12.5 Å². The Morgan fingerprint density at radius 3 is 2.38 bits per heavy atom. The number of halogens is 3. The smallest absolute Gasteiger partial charge is 0.0579 e. The molecule has 90 valence electrons. The van der Waals surface area contributed by atoms with Crippen LogP contribution in [0.5, 0.6) is 0 Å². The molecule has 0 bridgehead atoms. The third-order valence-electron chi connectivity index (χ3n) is 2.54. The van der Waals surface area contributed by atoms with Gasteiger partial charge in [-0.05, 0) is 18.6 Å². The van der Waals surface area contributed by atoms with E-state index in [2.05, 4.69) is 37.9 Å². The number of ether oxygens (including phenoxy) is 1. The Balaban J connectivity index is 3.05. The Morgan fingerprint density at radius 2 is 1.88 bits per heavy atom. The van der Waals surface area contributed by atoms with Gasteiger partial charge in [0.1, 0.15) is 0 Å². The van der Waals surface area contributed by atoms with E-state index < -0.39 is 0 Å². The van der Waals surface area contributed by atoms with Crippen LogP contribution < -0.4 is 0 Å². The molecule has 0 N–H and O–H groups in total. The lowest BCUT2D eigenvalue weighted by Crippen LogP contribution is -2.36. The average Bonchev–Trinajstić information content (AvgIpc) is 2.33. The number of hydrogen-bond acceptors (Lipinski definition) is 1. The van der Waals surface area contributed by atoms with Crippen LogP contribution >= 0.6 is 43.5 Å². The predicted molar refractivity (Wildman–Crippen MR) is 77.2 cm³/mol. The average molecular weight is 371 g/mol. The SMILES string of the molecule is CCOCC(CBr)(CBr)c1ccccc1Cl. The summed E-state index contributed by atoms with van der Waals surface area (Å²) in [6, 6.07) is 7.93. The normalized spacial score (nSPS) is 11.8. The zero-order valence-corrected chi connectivity index (χ0v) is 13.1. The molecule has 0 amide bonds. The maximum absolute atomic E-state index is 6.25. The van der Waals surface area contributed by atoms with E-state index in [4.69, 9.17) is 16.3 Å². The fourth-order valence-electron chi connectivity index (χ4n) is 1.52. The zero-order valence-electron chi connectivity index (χ0n) is 9.18. The van der Waals surface area contributed by atoms with Gasteiger partial charge in [-0.3, -0.25) is 0 Å². The molecule has 1 nitrogen and oxygen atoms in total. The molecule has 0 saturated carbocycles. The zero-order chi connectivity index (χ0) is 12.0. The molecular weight excluding hydrogens is 355 g/mol. The van der Waals surface area contributed by atoms with Crippen molar-refractivity contribution in [3.63, 3.8) is 0 Å². The molecule has 1 aromatic carbocycles. The summed E-state index contributed by atoms with van der Waals surface area (Å²) < 4.78 is 5.57. The first-order valence-corrected chi connectivity index (χ1v) is 7.77. The first-order chi connectivity index (χ1) is 7.70. The monoisotopic (exact) mass is 368 g/mol. The van der Waals surface area contributed by atoms with Gasteiger partial charge in [-0.25, -0.2) is 0 Å². The van der Waals surface area contributed by atoms with Crippen molar-refractivity contribution in [3.05, 3.63) is 34.9 Å². The van der Waals surface area contributed by atoms with Crippen LogP contribution in [0, 0.1) is 0 Å². The summed E-state index contributed by atoms with van der Waals surface area (Å²) in [5.41, 5.74) is 1.02. The summed E-state index contributed by atoms with van der Waals surface area (Å²) >= 11 is 13.4.